The van der Waals surface area contributed by atoms with Gasteiger partial charge in [-0.15, -0.1) is 0 Å². The molecule has 2 aromatic carbocycles. The zero-order valence-corrected chi connectivity index (χ0v) is 17.8. The van der Waals surface area contributed by atoms with Crippen molar-refractivity contribution in [3.05, 3.63) is 64.5 Å². The van der Waals surface area contributed by atoms with Gasteiger partial charge in [0.15, 0.2) is 10.2 Å². The number of anilines is 2. The number of hydrogen-bond donors (Lipinski definition) is 0. The normalized spacial score (nSPS) is 15.1. The van der Waals surface area contributed by atoms with Crippen molar-refractivity contribution in [1.82, 2.24) is 4.98 Å². The summed E-state index contributed by atoms with van der Waals surface area (Å²) in [5.74, 6) is 0. The minimum absolute atomic E-state index is 0.0523. The van der Waals surface area contributed by atoms with Crippen molar-refractivity contribution in [2.45, 2.75) is 16.8 Å². The lowest BCUT2D eigenvalue weighted by atomic mass is 10.2. The summed E-state index contributed by atoms with van der Waals surface area (Å²) in [6.07, 6.45) is 0. The van der Waals surface area contributed by atoms with Gasteiger partial charge in [0.25, 0.3) is 0 Å². The van der Waals surface area contributed by atoms with Crippen molar-refractivity contribution in [2.24, 2.45) is 0 Å². The van der Waals surface area contributed by atoms with Crippen LogP contribution in [-0.4, -0.2) is 39.6 Å². The van der Waals surface area contributed by atoms with E-state index in [0.29, 0.717) is 5.13 Å². The maximum Gasteiger partial charge on any atom is 0.226 e. The molecule has 0 radical (unpaired) electrons. The Hall–Kier alpha value is -2.09. The predicted octanol–water partition coefficient (Wildman–Crippen LogP) is 4.26. The van der Waals surface area contributed by atoms with E-state index in [1.54, 1.807) is 24.3 Å². The number of nitrogens with zero attached hydrogens (tertiary/aromatic N) is 3. The number of piperazine rings is 1. The molecule has 0 atom stereocenters. The van der Waals surface area contributed by atoms with Gasteiger partial charge in [0.05, 0.1) is 4.90 Å². The molecule has 8 heteroatoms. The minimum atomic E-state index is -3.73. The Bertz CT molecular complexity index is 1060. The highest BCUT2D eigenvalue weighted by Crippen LogP contribution is 2.36. The monoisotopic (exact) mass is 433 g/mol. The quantitative estimate of drug-likeness (QED) is 0.615. The fourth-order valence-electron chi connectivity index (χ4n) is 3.20. The number of para-hydroxylation sites is 1. The van der Waals surface area contributed by atoms with Crippen LogP contribution in [0.5, 0.6) is 0 Å². The third kappa shape index (κ3) is 3.74. The molecule has 4 rings (SSSR count). The number of benzene rings is 2. The first-order valence-electron chi connectivity index (χ1n) is 8.98. The van der Waals surface area contributed by atoms with Crippen molar-refractivity contribution in [1.29, 1.82) is 0 Å². The van der Waals surface area contributed by atoms with Crippen LogP contribution < -0.4 is 9.80 Å². The van der Waals surface area contributed by atoms with E-state index in [1.807, 2.05) is 25.1 Å². The lowest BCUT2D eigenvalue weighted by molar-refractivity contribution is 0.592. The average molecular weight is 434 g/mol. The van der Waals surface area contributed by atoms with Gasteiger partial charge in [0, 0.05) is 31.9 Å². The Morgan fingerprint density at radius 3 is 2.18 bits per heavy atom. The molecule has 1 aromatic heterocycles. The van der Waals surface area contributed by atoms with Gasteiger partial charge in [0.2, 0.25) is 9.84 Å². The first kappa shape index (κ1) is 19.2. The van der Waals surface area contributed by atoms with Gasteiger partial charge < -0.3 is 9.80 Å². The molecule has 1 saturated heterocycles. The highest BCUT2D eigenvalue weighted by atomic mass is 35.5. The zero-order valence-electron chi connectivity index (χ0n) is 15.4. The average Bonchev–Trinajstić information content (AvgIpc) is 3.12. The molecular weight excluding hydrogens is 414 g/mol. The molecule has 0 N–H and O–H groups in total. The van der Waals surface area contributed by atoms with E-state index in [9.17, 15) is 8.42 Å². The lowest BCUT2D eigenvalue weighted by Gasteiger charge is -2.35. The summed E-state index contributed by atoms with van der Waals surface area (Å²) in [4.78, 5) is 9.04. The molecule has 1 aliphatic rings. The van der Waals surface area contributed by atoms with Gasteiger partial charge in [-0.2, -0.15) is 0 Å². The zero-order chi connectivity index (χ0) is 19.7. The molecule has 1 fully saturated rings. The number of aromatic nitrogens is 1. The van der Waals surface area contributed by atoms with E-state index in [1.165, 1.54) is 17.0 Å². The van der Waals surface area contributed by atoms with Gasteiger partial charge in [0.1, 0.15) is 4.34 Å². The van der Waals surface area contributed by atoms with Crippen LogP contribution in [0.25, 0.3) is 0 Å². The maximum atomic E-state index is 12.9. The van der Waals surface area contributed by atoms with Gasteiger partial charge in [-0.3, -0.25) is 0 Å². The number of thiazole rings is 1. The number of aryl methyl sites for hydroxylation is 1. The molecule has 0 spiro atoms. The molecular formula is C20H20ClN3O2S2. The van der Waals surface area contributed by atoms with Gasteiger partial charge >= 0.3 is 0 Å². The molecule has 0 bridgehead atoms. The molecule has 3 aromatic rings. The molecule has 1 aliphatic heterocycles. The number of hydrogen-bond acceptors (Lipinski definition) is 6. The van der Waals surface area contributed by atoms with Crippen LogP contribution in [0, 0.1) is 6.92 Å². The first-order valence-corrected chi connectivity index (χ1v) is 11.7. The standard InChI is InChI=1S/C20H20ClN3O2S2/c1-15-7-9-17(10-8-15)28(25,26)19-18(21)27-20(22-19)24-13-11-23(12-14-24)16-5-3-2-4-6-16/h2-10H,11-14H2,1H3. The lowest BCUT2D eigenvalue weighted by Crippen LogP contribution is -2.46. The number of halogens is 1. The van der Waals surface area contributed by atoms with Gasteiger partial charge in [-0.1, -0.05) is 58.8 Å². The minimum Gasteiger partial charge on any atom is -0.368 e. The summed E-state index contributed by atoms with van der Waals surface area (Å²) in [5, 5.41) is 0.604. The van der Waals surface area contributed by atoms with Crippen LogP contribution in [0.4, 0.5) is 10.8 Å². The summed E-state index contributed by atoms with van der Waals surface area (Å²) in [6, 6.07) is 17.0. The third-order valence-electron chi connectivity index (χ3n) is 4.80. The van der Waals surface area contributed by atoms with Crippen LogP contribution in [-0.2, 0) is 9.84 Å². The third-order valence-corrected chi connectivity index (χ3v) is 8.06. The Labute approximate surface area is 174 Å². The second kappa shape index (κ2) is 7.73. The Kier molecular flexibility index (Phi) is 5.31. The first-order chi connectivity index (χ1) is 13.4. The predicted molar refractivity (Wildman–Crippen MR) is 115 cm³/mol. The smallest absolute Gasteiger partial charge is 0.226 e. The SMILES string of the molecule is Cc1ccc(S(=O)(=O)c2nc(N3CCN(c4ccccc4)CC3)sc2Cl)cc1. The van der Waals surface area contributed by atoms with E-state index in [-0.39, 0.29) is 14.3 Å². The Morgan fingerprint density at radius 1 is 0.929 bits per heavy atom. The van der Waals surface area contributed by atoms with Crippen LogP contribution in [0.2, 0.25) is 4.34 Å². The topological polar surface area (TPSA) is 53.5 Å². The van der Waals surface area contributed by atoms with Crippen molar-refractivity contribution < 1.29 is 8.42 Å². The van der Waals surface area contributed by atoms with Crippen molar-refractivity contribution in [3.63, 3.8) is 0 Å². The summed E-state index contributed by atoms with van der Waals surface area (Å²) in [6.45, 7) is 5.15. The molecule has 5 nitrogen and oxygen atoms in total. The summed E-state index contributed by atoms with van der Waals surface area (Å²) >= 11 is 7.52. The highest BCUT2D eigenvalue weighted by Gasteiger charge is 2.28. The Morgan fingerprint density at radius 2 is 1.54 bits per heavy atom. The van der Waals surface area contributed by atoms with Crippen LogP contribution >= 0.6 is 22.9 Å². The molecule has 28 heavy (non-hydrogen) atoms. The fourth-order valence-corrected chi connectivity index (χ4v) is 6.15. The highest BCUT2D eigenvalue weighted by molar-refractivity contribution is 7.91. The number of rotatable bonds is 4. The maximum absolute atomic E-state index is 12.9. The van der Waals surface area contributed by atoms with Crippen LogP contribution in [0.3, 0.4) is 0 Å². The van der Waals surface area contributed by atoms with E-state index in [4.69, 9.17) is 11.6 Å². The van der Waals surface area contributed by atoms with Crippen molar-refractivity contribution in [3.8, 4) is 0 Å². The van der Waals surface area contributed by atoms with Crippen LogP contribution in [0.1, 0.15) is 5.56 Å². The van der Waals surface area contributed by atoms with E-state index < -0.39 is 9.84 Å². The molecule has 0 saturated carbocycles. The summed E-state index contributed by atoms with van der Waals surface area (Å²) in [5.41, 5.74) is 2.20. The molecule has 0 amide bonds. The van der Waals surface area contributed by atoms with E-state index in [2.05, 4.69) is 26.9 Å². The molecule has 0 unspecified atom stereocenters. The fraction of sp³-hybridized carbons (Fsp3) is 0.250. The van der Waals surface area contributed by atoms with Gasteiger partial charge in [-0.25, -0.2) is 13.4 Å². The summed E-state index contributed by atoms with van der Waals surface area (Å²) in [7, 11) is -3.73. The molecule has 0 aliphatic carbocycles. The largest absolute Gasteiger partial charge is 0.368 e. The molecule has 146 valence electrons. The van der Waals surface area contributed by atoms with Gasteiger partial charge in [-0.05, 0) is 31.2 Å². The van der Waals surface area contributed by atoms with E-state index >= 15 is 0 Å². The van der Waals surface area contributed by atoms with E-state index in [0.717, 1.165) is 31.7 Å². The van der Waals surface area contributed by atoms with Crippen molar-refractivity contribution >= 4 is 43.6 Å². The number of sulfone groups is 1. The van der Waals surface area contributed by atoms with Crippen LogP contribution in [0.15, 0.2) is 64.5 Å². The molecule has 2 heterocycles. The van der Waals surface area contributed by atoms with Crippen molar-refractivity contribution in [2.75, 3.05) is 36.0 Å². The summed E-state index contributed by atoms with van der Waals surface area (Å²) < 4.78 is 26.1. The second-order valence-corrected chi connectivity index (χ2v) is 10.1. The Balaban J connectivity index is 1.53. The second-order valence-electron chi connectivity index (χ2n) is 6.70.